The third kappa shape index (κ3) is 5.09. The Morgan fingerprint density at radius 1 is 1.32 bits per heavy atom. The van der Waals surface area contributed by atoms with Gasteiger partial charge < -0.3 is 20.1 Å². The average Bonchev–Trinajstić information content (AvgIpc) is 2.52. The van der Waals surface area contributed by atoms with Gasteiger partial charge in [-0.15, -0.1) is 24.0 Å². The lowest BCUT2D eigenvalue weighted by atomic mass is 10.2. The number of hydrogen-bond donors (Lipinski definition) is 1. The topological polar surface area (TPSA) is 60.1 Å². The number of rotatable bonds is 4. The van der Waals surface area contributed by atoms with Gasteiger partial charge >= 0.3 is 0 Å². The minimum atomic E-state index is 0. The number of benzene rings is 1. The van der Waals surface area contributed by atoms with Crippen molar-refractivity contribution in [3.63, 3.8) is 0 Å². The summed E-state index contributed by atoms with van der Waals surface area (Å²) >= 11 is 5.44. The molecule has 1 aromatic rings. The Bertz CT molecular complexity index is 525. The Kier molecular flexibility index (Phi) is 8.70. The van der Waals surface area contributed by atoms with E-state index in [2.05, 4.69) is 25.8 Å². The van der Waals surface area contributed by atoms with Crippen LogP contribution in [0.5, 0.6) is 11.5 Å². The molecule has 1 aliphatic heterocycles. The molecule has 0 unspecified atom stereocenters. The first-order valence-electron chi connectivity index (χ1n) is 6.68. The monoisotopic (exact) mass is 501 g/mol. The van der Waals surface area contributed by atoms with Gasteiger partial charge in [0, 0.05) is 24.6 Å². The summed E-state index contributed by atoms with van der Waals surface area (Å²) in [4.78, 5) is 6.62. The summed E-state index contributed by atoms with van der Waals surface area (Å²) in [5, 5.41) is 0. The minimum Gasteiger partial charge on any atom is -0.493 e. The van der Waals surface area contributed by atoms with E-state index in [1.165, 1.54) is 0 Å². The van der Waals surface area contributed by atoms with Crippen molar-refractivity contribution in [1.29, 1.82) is 0 Å². The van der Waals surface area contributed by atoms with Gasteiger partial charge in [0.2, 0.25) is 0 Å². The molecule has 2 rings (SSSR count). The van der Waals surface area contributed by atoms with Gasteiger partial charge in [-0.05, 0) is 33.6 Å². The number of aliphatic imine (C=N–C) groups is 1. The number of nitrogens with two attached hydrogens (primary N) is 1. The summed E-state index contributed by atoms with van der Waals surface area (Å²) in [6.45, 7) is 2.46. The number of guanidine groups is 1. The summed E-state index contributed by atoms with van der Waals surface area (Å²) in [6.07, 6.45) is 0. The van der Waals surface area contributed by atoms with Crippen LogP contribution < -0.4 is 15.2 Å². The molecular weight excluding hydrogens is 481 g/mol. The lowest BCUT2D eigenvalue weighted by Crippen LogP contribution is -2.42. The second kappa shape index (κ2) is 9.71. The highest BCUT2D eigenvalue weighted by Crippen LogP contribution is 2.36. The third-order valence-electron chi connectivity index (χ3n) is 3.25. The SMILES string of the molecule is COc1cc(CN=C(N)N2CCSCC2)cc(Br)c1OC.I. The maximum Gasteiger partial charge on any atom is 0.191 e. The van der Waals surface area contributed by atoms with Crippen molar-refractivity contribution in [2.75, 3.05) is 38.8 Å². The van der Waals surface area contributed by atoms with Crippen LogP contribution in [0.1, 0.15) is 5.56 Å². The van der Waals surface area contributed by atoms with Crippen LogP contribution in [-0.4, -0.2) is 49.7 Å². The molecule has 1 aliphatic rings. The quantitative estimate of drug-likeness (QED) is 0.390. The summed E-state index contributed by atoms with van der Waals surface area (Å²) in [5.74, 6) is 4.20. The summed E-state index contributed by atoms with van der Waals surface area (Å²) in [5.41, 5.74) is 7.08. The molecular formula is C14H21BrIN3O2S. The number of hydrogen-bond acceptors (Lipinski definition) is 4. The van der Waals surface area contributed by atoms with E-state index >= 15 is 0 Å². The van der Waals surface area contributed by atoms with E-state index < -0.39 is 0 Å². The number of halogens is 2. The second-order valence-corrected chi connectivity index (χ2v) is 6.67. The normalized spacial score (nSPS) is 15.2. The van der Waals surface area contributed by atoms with Crippen LogP contribution in [-0.2, 0) is 6.54 Å². The van der Waals surface area contributed by atoms with Gasteiger partial charge in [0.25, 0.3) is 0 Å². The molecule has 0 aliphatic carbocycles. The molecule has 0 radical (unpaired) electrons. The highest BCUT2D eigenvalue weighted by molar-refractivity contribution is 14.0. The first-order chi connectivity index (χ1) is 10.2. The van der Waals surface area contributed by atoms with Gasteiger partial charge in [-0.25, -0.2) is 4.99 Å². The molecule has 0 saturated carbocycles. The molecule has 2 N–H and O–H groups in total. The van der Waals surface area contributed by atoms with Gasteiger partial charge in [-0.3, -0.25) is 0 Å². The zero-order chi connectivity index (χ0) is 15.2. The molecule has 0 atom stereocenters. The molecule has 124 valence electrons. The van der Waals surface area contributed by atoms with Crippen molar-refractivity contribution in [2.24, 2.45) is 10.7 Å². The fraction of sp³-hybridized carbons (Fsp3) is 0.500. The van der Waals surface area contributed by atoms with Crippen molar-refractivity contribution < 1.29 is 9.47 Å². The van der Waals surface area contributed by atoms with E-state index in [0.717, 1.165) is 34.6 Å². The first-order valence-corrected chi connectivity index (χ1v) is 8.63. The van der Waals surface area contributed by atoms with Gasteiger partial charge in [-0.2, -0.15) is 11.8 Å². The zero-order valence-corrected chi connectivity index (χ0v) is 17.4. The second-order valence-electron chi connectivity index (χ2n) is 4.59. The molecule has 0 bridgehead atoms. The van der Waals surface area contributed by atoms with Gasteiger partial charge in [0.15, 0.2) is 17.5 Å². The van der Waals surface area contributed by atoms with E-state index in [0.29, 0.717) is 24.0 Å². The van der Waals surface area contributed by atoms with Crippen LogP contribution in [0.25, 0.3) is 0 Å². The van der Waals surface area contributed by atoms with Gasteiger partial charge in [0.1, 0.15) is 0 Å². The Morgan fingerprint density at radius 3 is 2.59 bits per heavy atom. The van der Waals surface area contributed by atoms with E-state index in [4.69, 9.17) is 15.2 Å². The zero-order valence-electron chi connectivity index (χ0n) is 12.7. The Morgan fingerprint density at radius 2 is 2.00 bits per heavy atom. The van der Waals surface area contributed by atoms with Crippen LogP contribution in [0.15, 0.2) is 21.6 Å². The molecule has 1 heterocycles. The van der Waals surface area contributed by atoms with Gasteiger partial charge in [0.05, 0.1) is 25.2 Å². The van der Waals surface area contributed by atoms with Crippen LogP contribution in [0, 0.1) is 0 Å². The van der Waals surface area contributed by atoms with E-state index in [1.54, 1.807) is 14.2 Å². The molecule has 1 saturated heterocycles. The van der Waals surface area contributed by atoms with Crippen LogP contribution in [0.2, 0.25) is 0 Å². The Labute approximate surface area is 161 Å². The van der Waals surface area contributed by atoms with Crippen molar-refractivity contribution in [3.05, 3.63) is 22.2 Å². The molecule has 1 aromatic carbocycles. The van der Waals surface area contributed by atoms with Crippen molar-refractivity contribution in [3.8, 4) is 11.5 Å². The fourth-order valence-corrected chi connectivity index (χ4v) is 3.68. The summed E-state index contributed by atoms with van der Waals surface area (Å²) in [6, 6.07) is 3.90. The van der Waals surface area contributed by atoms with E-state index in [9.17, 15) is 0 Å². The van der Waals surface area contributed by atoms with Crippen molar-refractivity contribution in [2.45, 2.75) is 6.54 Å². The highest BCUT2D eigenvalue weighted by Gasteiger charge is 2.13. The smallest absolute Gasteiger partial charge is 0.191 e. The molecule has 22 heavy (non-hydrogen) atoms. The number of nitrogens with zero attached hydrogens (tertiary/aromatic N) is 2. The minimum absolute atomic E-state index is 0. The molecule has 1 fully saturated rings. The molecule has 0 spiro atoms. The lowest BCUT2D eigenvalue weighted by molar-refractivity contribution is 0.352. The predicted molar refractivity (Wildman–Crippen MR) is 107 cm³/mol. The number of ether oxygens (including phenoxy) is 2. The third-order valence-corrected chi connectivity index (χ3v) is 4.78. The molecule has 8 heteroatoms. The first kappa shape index (κ1) is 19.7. The maximum atomic E-state index is 6.06. The summed E-state index contributed by atoms with van der Waals surface area (Å²) in [7, 11) is 3.24. The van der Waals surface area contributed by atoms with Crippen molar-refractivity contribution in [1.82, 2.24) is 4.90 Å². The van der Waals surface area contributed by atoms with Crippen LogP contribution >= 0.6 is 51.7 Å². The van der Waals surface area contributed by atoms with E-state index in [-0.39, 0.29) is 24.0 Å². The Hall–Kier alpha value is -0.350. The average molecular weight is 502 g/mol. The largest absolute Gasteiger partial charge is 0.493 e. The Balaban J connectivity index is 0.00000242. The standard InChI is InChI=1S/C14H20BrN3O2S.HI/c1-19-12-8-10(7-11(15)13(12)20-2)9-17-14(16)18-3-5-21-6-4-18;/h7-8H,3-6,9H2,1-2H3,(H2,16,17);1H. The maximum absolute atomic E-state index is 6.06. The van der Waals surface area contributed by atoms with Crippen molar-refractivity contribution >= 4 is 57.6 Å². The highest BCUT2D eigenvalue weighted by atomic mass is 127. The predicted octanol–water partition coefficient (Wildman–Crippen LogP) is 2.95. The molecule has 5 nitrogen and oxygen atoms in total. The van der Waals surface area contributed by atoms with Crippen LogP contribution in [0.3, 0.4) is 0 Å². The fourth-order valence-electron chi connectivity index (χ4n) is 2.13. The number of methoxy groups -OCH3 is 2. The van der Waals surface area contributed by atoms with Crippen LogP contribution in [0.4, 0.5) is 0 Å². The number of thioether (sulfide) groups is 1. The summed E-state index contributed by atoms with van der Waals surface area (Å²) < 4.78 is 11.5. The van der Waals surface area contributed by atoms with Gasteiger partial charge in [-0.1, -0.05) is 0 Å². The lowest BCUT2D eigenvalue weighted by Gasteiger charge is -2.27. The van der Waals surface area contributed by atoms with E-state index in [1.807, 2.05) is 23.9 Å². The molecule has 0 amide bonds. The molecule has 0 aromatic heterocycles.